The summed E-state index contributed by atoms with van der Waals surface area (Å²) in [4.78, 5) is 15.1. The summed E-state index contributed by atoms with van der Waals surface area (Å²) in [6, 6.07) is 11.8. The fourth-order valence-corrected chi connectivity index (χ4v) is 2.25. The van der Waals surface area contributed by atoms with Gasteiger partial charge >= 0.3 is 0 Å². The molecule has 0 fully saturated rings. The van der Waals surface area contributed by atoms with Crippen LogP contribution >= 0.6 is 0 Å². The number of aromatic nitrogens is 1. The van der Waals surface area contributed by atoms with E-state index in [4.69, 9.17) is 0 Å². The number of hydrogen-bond acceptors (Lipinski definition) is 4. The lowest BCUT2D eigenvalue weighted by Crippen LogP contribution is -2.10. The lowest BCUT2D eigenvalue weighted by molar-refractivity contribution is 0.590. The van der Waals surface area contributed by atoms with Crippen LogP contribution in [0.5, 0.6) is 0 Å². The molecular formula is C18H23N3O. The Morgan fingerprint density at radius 3 is 2.27 bits per heavy atom. The lowest BCUT2D eigenvalue weighted by Gasteiger charge is -2.19. The second-order valence-electron chi connectivity index (χ2n) is 6.46. The highest BCUT2D eigenvalue weighted by Gasteiger charge is 2.13. The molecule has 1 atom stereocenters. The van der Waals surface area contributed by atoms with Crippen molar-refractivity contribution in [3.63, 3.8) is 0 Å². The van der Waals surface area contributed by atoms with Crippen LogP contribution in [0, 0.1) is 4.91 Å². The maximum atomic E-state index is 10.7. The van der Waals surface area contributed by atoms with E-state index in [0.717, 1.165) is 17.1 Å². The zero-order valence-electron chi connectivity index (χ0n) is 13.6. The second-order valence-corrected chi connectivity index (χ2v) is 6.46. The van der Waals surface area contributed by atoms with Crippen LogP contribution in [-0.4, -0.2) is 4.98 Å². The Hall–Kier alpha value is -2.23. The van der Waals surface area contributed by atoms with Crippen LogP contribution in [0.25, 0.3) is 0 Å². The summed E-state index contributed by atoms with van der Waals surface area (Å²) >= 11 is 0. The Morgan fingerprint density at radius 1 is 1.14 bits per heavy atom. The first kappa shape index (κ1) is 16.1. The predicted octanol–water partition coefficient (Wildman–Crippen LogP) is 5.34. The van der Waals surface area contributed by atoms with Crippen LogP contribution in [0.2, 0.25) is 0 Å². The van der Waals surface area contributed by atoms with Crippen molar-refractivity contribution in [2.45, 2.75) is 45.6 Å². The summed E-state index contributed by atoms with van der Waals surface area (Å²) in [5, 5.41) is 6.38. The number of pyridine rings is 1. The Labute approximate surface area is 132 Å². The van der Waals surface area contributed by atoms with Crippen molar-refractivity contribution in [3.05, 3.63) is 58.6 Å². The van der Waals surface area contributed by atoms with E-state index in [9.17, 15) is 4.91 Å². The van der Waals surface area contributed by atoms with Gasteiger partial charge in [0.25, 0.3) is 0 Å². The van der Waals surface area contributed by atoms with Gasteiger partial charge in [0, 0.05) is 11.9 Å². The number of anilines is 2. The number of nitrogens with one attached hydrogen (secondary N) is 1. The molecule has 1 unspecified atom stereocenters. The van der Waals surface area contributed by atoms with Gasteiger partial charge in [-0.15, -0.1) is 0 Å². The minimum atomic E-state index is -0.312. The summed E-state index contributed by atoms with van der Waals surface area (Å²) in [7, 11) is 0. The van der Waals surface area contributed by atoms with Crippen molar-refractivity contribution >= 4 is 11.5 Å². The molecule has 0 radical (unpaired) electrons. The first-order valence-corrected chi connectivity index (χ1v) is 7.60. The van der Waals surface area contributed by atoms with Gasteiger partial charge in [-0.2, -0.15) is 4.91 Å². The van der Waals surface area contributed by atoms with Gasteiger partial charge in [-0.25, -0.2) is 4.98 Å². The first-order valence-electron chi connectivity index (χ1n) is 7.60. The third kappa shape index (κ3) is 3.91. The quantitative estimate of drug-likeness (QED) is 0.758. The average molecular weight is 297 g/mol. The highest BCUT2D eigenvalue weighted by Crippen LogP contribution is 2.25. The number of hydrogen-bond donors (Lipinski definition) is 1. The lowest BCUT2D eigenvalue weighted by atomic mass is 9.87. The monoisotopic (exact) mass is 297 g/mol. The van der Waals surface area contributed by atoms with Crippen molar-refractivity contribution in [2.24, 2.45) is 5.18 Å². The summed E-state index contributed by atoms with van der Waals surface area (Å²) in [6.45, 7) is 8.53. The molecule has 0 amide bonds. The Morgan fingerprint density at radius 2 is 1.82 bits per heavy atom. The number of nitroso groups, excluding NO2 is 1. The zero-order chi connectivity index (χ0) is 16.2. The molecule has 1 aromatic carbocycles. The van der Waals surface area contributed by atoms with Crippen molar-refractivity contribution < 1.29 is 0 Å². The van der Waals surface area contributed by atoms with Crippen LogP contribution in [0.1, 0.15) is 51.3 Å². The molecule has 0 aliphatic rings. The molecule has 0 bridgehead atoms. The maximum Gasteiger partial charge on any atom is 0.130 e. The van der Waals surface area contributed by atoms with E-state index in [-0.39, 0.29) is 11.5 Å². The summed E-state index contributed by atoms with van der Waals surface area (Å²) in [5.41, 5.74) is 3.29. The van der Waals surface area contributed by atoms with E-state index in [1.807, 2.05) is 19.1 Å². The maximum absolute atomic E-state index is 10.7. The second kappa shape index (κ2) is 6.69. The van der Waals surface area contributed by atoms with E-state index in [2.05, 4.69) is 60.5 Å². The van der Waals surface area contributed by atoms with Crippen molar-refractivity contribution in [2.75, 3.05) is 5.32 Å². The molecule has 1 heterocycles. The smallest absolute Gasteiger partial charge is 0.130 e. The Bertz CT molecular complexity index is 612. The molecule has 0 aliphatic carbocycles. The molecule has 22 heavy (non-hydrogen) atoms. The fraction of sp³-hybridized carbons (Fsp3) is 0.389. The predicted molar refractivity (Wildman–Crippen MR) is 91.5 cm³/mol. The third-order valence-corrected chi connectivity index (χ3v) is 3.71. The topological polar surface area (TPSA) is 54.4 Å². The largest absolute Gasteiger partial charge is 0.340 e. The SMILES string of the molecule is CCC(N=O)c1ccc(Nc2ccc(C(C)(C)C)cc2)nc1. The molecule has 2 rings (SSSR count). The number of nitrogens with zero attached hydrogens (tertiary/aromatic N) is 2. The van der Waals surface area contributed by atoms with Crippen LogP contribution in [0.15, 0.2) is 47.8 Å². The minimum Gasteiger partial charge on any atom is -0.340 e. The average Bonchev–Trinajstić information content (AvgIpc) is 2.50. The van der Waals surface area contributed by atoms with E-state index < -0.39 is 0 Å². The molecule has 2 aromatic rings. The Balaban J connectivity index is 2.09. The minimum absolute atomic E-state index is 0.148. The van der Waals surface area contributed by atoms with E-state index in [0.29, 0.717) is 6.42 Å². The molecule has 4 nitrogen and oxygen atoms in total. The van der Waals surface area contributed by atoms with Crippen molar-refractivity contribution in [3.8, 4) is 0 Å². The van der Waals surface area contributed by atoms with Crippen LogP contribution < -0.4 is 5.32 Å². The van der Waals surface area contributed by atoms with E-state index in [1.165, 1.54) is 5.56 Å². The molecule has 1 N–H and O–H groups in total. The Kier molecular flexibility index (Phi) is 4.91. The summed E-state index contributed by atoms with van der Waals surface area (Å²) in [5.74, 6) is 0.757. The van der Waals surface area contributed by atoms with Gasteiger partial charge < -0.3 is 5.32 Å². The van der Waals surface area contributed by atoms with Crippen LogP contribution in [-0.2, 0) is 5.41 Å². The normalized spacial score (nSPS) is 12.7. The standard InChI is InChI=1S/C18H23N3O/c1-5-16(21-22)13-6-11-17(19-12-13)20-15-9-7-14(8-10-15)18(2,3)4/h6-12,16H,5H2,1-4H3,(H,19,20). The molecule has 1 aromatic heterocycles. The van der Waals surface area contributed by atoms with Gasteiger partial charge in [0.2, 0.25) is 0 Å². The summed E-state index contributed by atoms with van der Waals surface area (Å²) < 4.78 is 0. The number of rotatable bonds is 5. The summed E-state index contributed by atoms with van der Waals surface area (Å²) in [6.07, 6.45) is 2.40. The van der Waals surface area contributed by atoms with Gasteiger partial charge in [0.1, 0.15) is 11.9 Å². The van der Waals surface area contributed by atoms with Crippen LogP contribution in [0.4, 0.5) is 11.5 Å². The zero-order valence-corrected chi connectivity index (χ0v) is 13.6. The molecule has 0 saturated carbocycles. The molecule has 0 spiro atoms. The van der Waals surface area contributed by atoms with Gasteiger partial charge in [0.05, 0.1) is 0 Å². The van der Waals surface area contributed by atoms with Crippen molar-refractivity contribution in [1.29, 1.82) is 0 Å². The molecule has 0 aliphatic heterocycles. The van der Waals surface area contributed by atoms with Gasteiger partial charge in [-0.3, -0.25) is 0 Å². The van der Waals surface area contributed by atoms with Crippen molar-refractivity contribution in [1.82, 2.24) is 4.98 Å². The highest BCUT2D eigenvalue weighted by molar-refractivity contribution is 5.56. The molecular weight excluding hydrogens is 274 g/mol. The van der Waals surface area contributed by atoms with Gasteiger partial charge in [-0.1, -0.05) is 51.1 Å². The molecule has 4 heteroatoms. The first-order chi connectivity index (χ1) is 10.4. The third-order valence-electron chi connectivity index (χ3n) is 3.71. The number of benzene rings is 1. The van der Waals surface area contributed by atoms with E-state index >= 15 is 0 Å². The highest BCUT2D eigenvalue weighted by atomic mass is 16.3. The van der Waals surface area contributed by atoms with Gasteiger partial charge in [-0.05, 0) is 41.2 Å². The van der Waals surface area contributed by atoms with E-state index in [1.54, 1.807) is 6.20 Å². The molecule has 0 saturated heterocycles. The van der Waals surface area contributed by atoms with Gasteiger partial charge in [0.15, 0.2) is 0 Å². The molecule has 116 valence electrons. The fourth-order valence-electron chi connectivity index (χ4n) is 2.25. The van der Waals surface area contributed by atoms with Crippen LogP contribution in [0.3, 0.4) is 0 Å².